The maximum atomic E-state index is 12.8. The van der Waals surface area contributed by atoms with Crippen LogP contribution in [0.4, 0.5) is 5.69 Å². The molecular formula is C24H26N2O3. The zero-order chi connectivity index (χ0) is 20.4. The van der Waals surface area contributed by atoms with E-state index < -0.39 is 0 Å². The summed E-state index contributed by atoms with van der Waals surface area (Å²) in [6.07, 6.45) is 3.80. The largest absolute Gasteiger partial charge is 0.451 e. The zero-order valence-corrected chi connectivity index (χ0v) is 17.0. The molecule has 2 aromatic carbocycles. The van der Waals surface area contributed by atoms with Crippen molar-refractivity contribution in [2.24, 2.45) is 0 Å². The van der Waals surface area contributed by atoms with Gasteiger partial charge in [-0.1, -0.05) is 23.8 Å². The Morgan fingerprint density at radius 3 is 2.48 bits per heavy atom. The molecule has 0 spiro atoms. The molecule has 1 aliphatic heterocycles. The van der Waals surface area contributed by atoms with E-state index in [1.807, 2.05) is 13.0 Å². The lowest BCUT2D eigenvalue weighted by molar-refractivity contribution is 0.0754. The highest BCUT2D eigenvalue weighted by molar-refractivity contribution is 5.93. The summed E-state index contributed by atoms with van der Waals surface area (Å²) < 4.78 is 5.72. The number of carbonyl (C=O) groups excluding carboxylic acids is 1. The van der Waals surface area contributed by atoms with Crippen molar-refractivity contribution in [1.82, 2.24) is 4.90 Å². The molecule has 5 heteroatoms. The molecule has 4 rings (SSSR count). The van der Waals surface area contributed by atoms with Crippen molar-refractivity contribution in [3.05, 3.63) is 75.6 Å². The molecule has 1 amide bonds. The lowest BCUT2D eigenvalue weighted by Gasteiger charge is -2.29. The number of anilines is 1. The number of benzene rings is 2. The van der Waals surface area contributed by atoms with Gasteiger partial charge in [-0.25, -0.2) is 0 Å². The van der Waals surface area contributed by atoms with Crippen molar-refractivity contribution in [3.63, 3.8) is 0 Å². The van der Waals surface area contributed by atoms with E-state index in [1.165, 1.54) is 31.0 Å². The first kappa shape index (κ1) is 19.2. The number of fused-ring (bicyclic) bond motifs is 1. The van der Waals surface area contributed by atoms with E-state index in [-0.39, 0.29) is 17.1 Å². The highest BCUT2D eigenvalue weighted by Gasteiger charge is 2.17. The normalized spacial score (nSPS) is 14.2. The fourth-order valence-electron chi connectivity index (χ4n) is 3.87. The summed E-state index contributed by atoms with van der Waals surface area (Å²) in [6.45, 7) is 4.59. The second-order valence-corrected chi connectivity index (χ2v) is 7.85. The summed E-state index contributed by atoms with van der Waals surface area (Å²) in [5.74, 6) is -0.233. The fraction of sp³-hybridized carbons (Fsp3) is 0.333. The summed E-state index contributed by atoms with van der Waals surface area (Å²) in [6, 6.07) is 15.0. The van der Waals surface area contributed by atoms with Gasteiger partial charge in [0.15, 0.2) is 11.2 Å². The van der Waals surface area contributed by atoms with Gasteiger partial charge >= 0.3 is 0 Å². The smallest absolute Gasteiger partial charge is 0.289 e. The minimum atomic E-state index is -0.301. The molecule has 1 aromatic heterocycles. The molecule has 1 saturated heterocycles. The molecule has 2 heterocycles. The topological polar surface area (TPSA) is 53.8 Å². The molecule has 1 fully saturated rings. The Bertz CT molecular complexity index is 1080. The van der Waals surface area contributed by atoms with Gasteiger partial charge in [0.05, 0.1) is 5.39 Å². The Hall–Kier alpha value is -3.08. The van der Waals surface area contributed by atoms with E-state index >= 15 is 0 Å². The minimum absolute atomic E-state index is 0.0683. The summed E-state index contributed by atoms with van der Waals surface area (Å²) >= 11 is 0. The molecular weight excluding hydrogens is 364 g/mol. The van der Waals surface area contributed by atoms with Crippen LogP contribution in [-0.4, -0.2) is 30.9 Å². The van der Waals surface area contributed by atoms with Crippen LogP contribution < -0.4 is 10.3 Å². The first-order chi connectivity index (χ1) is 14.0. The van der Waals surface area contributed by atoms with Crippen molar-refractivity contribution in [2.75, 3.05) is 25.0 Å². The third-order valence-electron chi connectivity index (χ3n) is 5.52. The molecule has 150 valence electrons. The molecule has 29 heavy (non-hydrogen) atoms. The molecule has 0 radical (unpaired) electrons. The van der Waals surface area contributed by atoms with E-state index in [4.69, 9.17) is 4.42 Å². The van der Waals surface area contributed by atoms with Gasteiger partial charge in [0, 0.05) is 38.4 Å². The molecule has 0 unspecified atom stereocenters. The van der Waals surface area contributed by atoms with Crippen molar-refractivity contribution in [3.8, 4) is 0 Å². The fourth-order valence-corrected chi connectivity index (χ4v) is 3.87. The average molecular weight is 390 g/mol. The van der Waals surface area contributed by atoms with Crippen LogP contribution in [-0.2, 0) is 6.54 Å². The van der Waals surface area contributed by atoms with Gasteiger partial charge < -0.3 is 14.2 Å². The molecule has 1 aliphatic rings. The predicted octanol–water partition coefficient (Wildman–Crippen LogP) is 4.36. The first-order valence-electron chi connectivity index (χ1n) is 10.1. The Labute approximate surface area is 170 Å². The van der Waals surface area contributed by atoms with Crippen LogP contribution in [0.2, 0.25) is 0 Å². The van der Waals surface area contributed by atoms with Crippen LogP contribution in [0.1, 0.15) is 40.9 Å². The summed E-state index contributed by atoms with van der Waals surface area (Å²) in [5.41, 5.74) is 3.50. The van der Waals surface area contributed by atoms with Crippen LogP contribution in [0, 0.1) is 6.92 Å². The van der Waals surface area contributed by atoms with Gasteiger partial charge in [0.2, 0.25) is 0 Å². The summed E-state index contributed by atoms with van der Waals surface area (Å²) in [7, 11) is 1.72. The van der Waals surface area contributed by atoms with E-state index in [1.54, 1.807) is 24.1 Å². The number of rotatable bonds is 4. The second-order valence-electron chi connectivity index (χ2n) is 7.85. The lowest BCUT2D eigenvalue weighted by Crippen LogP contribution is -2.29. The van der Waals surface area contributed by atoms with Gasteiger partial charge in [-0.3, -0.25) is 9.59 Å². The number of aryl methyl sites for hydroxylation is 1. The molecule has 3 aromatic rings. The number of piperidine rings is 1. The molecule has 0 atom stereocenters. The molecule has 0 N–H and O–H groups in total. The molecule has 5 nitrogen and oxygen atoms in total. The van der Waals surface area contributed by atoms with Gasteiger partial charge in [-0.15, -0.1) is 0 Å². The van der Waals surface area contributed by atoms with Gasteiger partial charge in [-0.2, -0.15) is 0 Å². The van der Waals surface area contributed by atoms with E-state index in [0.29, 0.717) is 17.5 Å². The van der Waals surface area contributed by atoms with E-state index in [9.17, 15) is 9.59 Å². The van der Waals surface area contributed by atoms with Gasteiger partial charge in [0.25, 0.3) is 5.91 Å². The predicted molar refractivity (Wildman–Crippen MR) is 116 cm³/mol. The van der Waals surface area contributed by atoms with Crippen LogP contribution in [0.25, 0.3) is 11.0 Å². The standard InChI is InChI=1S/C24H26N2O3/c1-17-6-11-22-20(14-17)21(27)15-23(29-22)24(28)25(2)16-18-7-9-19(10-8-18)26-12-4-3-5-13-26/h6-11,14-15H,3-5,12-13,16H2,1-2H3. The minimum Gasteiger partial charge on any atom is -0.451 e. The van der Waals surface area contributed by atoms with Crippen LogP contribution in [0.3, 0.4) is 0 Å². The maximum absolute atomic E-state index is 12.8. The summed E-state index contributed by atoms with van der Waals surface area (Å²) in [4.78, 5) is 29.2. The average Bonchev–Trinajstić information content (AvgIpc) is 2.74. The Kier molecular flexibility index (Phi) is 5.38. The van der Waals surface area contributed by atoms with Crippen molar-refractivity contribution in [2.45, 2.75) is 32.7 Å². The molecule has 0 aliphatic carbocycles. The van der Waals surface area contributed by atoms with Crippen molar-refractivity contribution >= 4 is 22.6 Å². The number of carbonyl (C=O) groups is 1. The van der Waals surface area contributed by atoms with Gasteiger partial charge in [0.1, 0.15) is 5.58 Å². The summed E-state index contributed by atoms with van der Waals surface area (Å²) in [5, 5.41) is 0.498. The third kappa shape index (κ3) is 4.19. The number of hydrogen-bond donors (Lipinski definition) is 0. The van der Waals surface area contributed by atoms with Gasteiger partial charge in [-0.05, 0) is 56.0 Å². The number of nitrogens with zero attached hydrogens (tertiary/aromatic N) is 2. The zero-order valence-electron chi connectivity index (χ0n) is 17.0. The third-order valence-corrected chi connectivity index (χ3v) is 5.52. The quantitative estimate of drug-likeness (QED) is 0.664. The van der Waals surface area contributed by atoms with Crippen molar-refractivity contribution in [1.29, 1.82) is 0 Å². The van der Waals surface area contributed by atoms with E-state index in [0.717, 1.165) is 24.2 Å². The number of hydrogen-bond acceptors (Lipinski definition) is 4. The maximum Gasteiger partial charge on any atom is 0.289 e. The first-order valence-corrected chi connectivity index (χ1v) is 10.1. The highest BCUT2D eigenvalue weighted by Crippen LogP contribution is 2.21. The molecule has 0 saturated carbocycles. The monoisotopic (exact) mass is 390 g/mol. The molecule has 0 bridgehead atoms. The second kappa shape index (κ2) is 8.11. The van der Waals surface area contributed by atoms with Crippen LogP contribution in [0.5, 0.6) is 0 Å². The SMILES string of the molecule is Cc1ccc2oc(C(=O)N(C)Cc3ccc(N4CCCCC4)cc3)cc(=O)c2c1. The Morgan fingerprint density at radius 2 is 1.76 bits per heavy atom. The van der Waals surface area contributed by atoms with Crippen LogP contribution in [0.15, 0.2) is 57.7 Å². The van der Waals surface area contributed by atoms with Crippen molar-refractivity contribution < 1.29 is 9.21 Å². The lowest BCUT2D eigenvalue weighted by atomic mass is 10.1. The highest BCUT2D eigenvalue weighted by atomic mass is 16.3. The number of amides is 1. The van der Waals surface area contributed by atoms with E-state index in [2.05, 4.69) is 29.2 Å². The Morgan fingerprint density at radius 1 is 1.03 bits per heavy atom. The van der Waals surface area contributed by atoms with Crippen LogP contribution >= 0.6 is 0 Å². The Balaban J connectivity index is 1.48.